The molecule has 5 heteroatoms. The number of hydrogen-bond acceptors (Lipinski definition) is 3. The number of rotatable bonds is 5. The van der Waals surface area contributed by atoms with Crippen LogP contribution in [-0.2, 0) is 0 Å². The number of nitrogens with one attached hydrogen (secondary N) is 3. The van der Waals surface area contributed by atoms with E-state index in [0.717, 1.165) is 17.8 Å². The number of likely N-dealkylation sites (N-methyl/N-ethyl adjacent to an activating group) is 1. The number of aromatic nitrogens is 2. The Morgan fingerprint density at radius 3 is 2.68 bits per heavy atom. The molecule has 0 aliphatic heterocycles. The summed E-state index contributed by atoms with van der Waals surface area (Å²) in [6.07, 6.45) is 0. The highest BCUT2D eigenvalue weighted by molar-refractivity contribution is 5.93. The van der Waals surface area contributed by atoms with Crippen molar-refractivity contribution in [1.29, 1.82) is 0 Å². The molecular formula is C14H18N4O. The molecule has 1 aromatic heterocycles. The highest BCUT2D eigenvalue weighted by Crippen LogP contribution is 2.17. The molecule has 1 amide bonds. The van der Waals surface area contributed by atoms with Crippen molar-refractivity contribution in [2.75, 3.05) is 20.1 Å². The number of carbonyl (C=O) groups is 1. The second-order valence-corrected chi connectivity index (χ2v) is 4.39. The van der Waals surface area contributed by atoms with Gasteiger partial charge >= 0.3 is 0 Å². The molecule has 0 fully saturated rings. The van der Waals surface area contributed by atoms with Crippen LogP contribution in [0.2, 0.25) is 0 Å². The van der Waals surface area contributed by atoms with Crippen molar-refractivity contribution in [3.63, 3.8) is 0 Å². The molecule has 3 N–H and O–H groups in total. The van der Waals surface area contributed by atoms with Gasteiger partial charge in [0.05, 0.1) is 5.69 Å². The van der Waals surface area contributed by atoms with E-state index in [1.54, 1.807) is 6.07 Å². The Morgan fingerprint density at radius 1 is 1.26 bits per heavy atom. The number of nitrogens with zero attached hydrogens (tertiary/aromatic N) is 1. The molecule has 0 radical (unpaired) electrons. The predicted molar refractivity (Wildman–Crippen MR) is 75.0 cm³/mol. The van der Waals surface area contributed by atoms with Crippen molar-refractivity contribution in [2.45, 2.75) is 6.92 Å². The van der Waals surface area contributed by atoms with Crippen molar-refractivity contribution in [3.05, 3.63) is 41.6 Å². The van der Waals surface area contributed by atoms with E-state index >= 15 is 0 Å². The Kier molecular flexibility index (Phi) is 4.30. The fourth-order valence-corrected chi connectivity index (χ4v) is 1.71. The topological polar surface area (TPSA) is 69.8 Å². The van der Waals surface area contributed by atoms with Gasteiger partial charge in [-0.15, -0.1) is 0 Å². The van der Waals surface area contributed by atoms with Crippen LogP contribution in [-0.4, -0.2) is 36.2 Å². The summed E-state index contributed by atoms with van der Waals surface area (Å²) in [6.45, 7) is 3.37. The van der Waals surface area contributed by atoms with Gasteiger partial charge in [-0.25, -0.2) is 0 Å². The first-order chi connectivity index (χ1) is 9.20. The van der Waals surface area contributed by atoms with Crippen LogP contribution in [0.4, 0.5) is 0 Å². The number of H-pyrrole nitrogens is 1. The Labute approximate surface area is 112 Å². The number of aromatic amines is 1. The van der Waals surface area contributed by atoms with Crippen LogP contribution in [0.25, 0.3) is 11.3 Å². The minimum Gasteiger partial charge on any atom is -0.349 e. The molecule has 100 valence electrons. The summed E-state index contributed by atoms with van der Waals surface area (Å²) in [5, 5.41) is 12.7. The number of benzene rings is 1. The van der Waals surface area contributed by atoms with Gasteiger partial charge in [0.2, 0.25) is 0 Å². The third-order valence-corrected chi connectivity index (χ3v) is 2.83. The summed E-state index contributed by atoms with van der Waals surface area (Å²) < 4.78 is 0. The normalized spacial score (nSPS) is 10.4. The highest BCUT2D eigenvalue weighted by atomic mass is 16.1. The molecule has 0 bridgehead atoms. The lowest BCUT2D eigenvalue weighted by atomic mass is 10.1. The molecule has 0 saturated heterocycles. The van der Waals surface area contributed by atoms with Crippen LogP contribution in [0.1, 0.15) is 16.1 Å². The van der Waals surface area contributed by atoms with Gasteiger partial charge in [-0.2, -0.15) is 5.10 Å². The average Bonchev–Trinajstić information content (AvgIpc) is 2.89. The zero-order chi connectivity index (χ0) is 13.7. The Balaban J connectivity index is 2.06. The Bertz CT molecular complexity index is 545. The quantitative estimate of drug-likeness (QED) is 0.709. The van der Waals surface area contributed by atoms with E-state index in [0.29, 0.717) is 12.2 Å². The maximum Gasteiger partial charge on any atom is 0.269 e. The molecule has 2 aromatic rings. The molecule has 0 aliphatic carbocycles. The largest absolute Gasteiger partial charge is 0.349 e. The Hall–Kier alpha value is -2.14. The summed E-state index contributed by atoms with van der Waals surface area (Å²) in [5.41, 5.74) is 3.45. The zero-order valence-electron chi connectivity index (χ0n) is 11.2. The molecular weight excluding hydrogens is 240 g/mol. The van der Waals surface area contributed by atoms with Gasteiger partial charge < -0.3 is 10.6 Å². The van der Waals surface area contributed by atoms with Crippen molar-refractivity contribution >= 4 is 5.91 Å². The summed E-state index contributed by atoms with van der Waals surface area (Å²) in [4.78, 5) is 11.8. The molecule has 0 aliphatic rings. The lowest BCUT2D eigenvalue weighted by Gasteiger charge is -2.01. The average molecular weight is 258 g/mol. The Morgan fingerprint density at radius 2 is 2.00 bits per heavy atom. The molecule has 1 aromatic carbocycles. The van der Waals surface area contributed by atoms with Crippen LogP contribution >= 0.6 is 0 Å². The van der Waals surface area contributed by atoms with E-state index in [-0.39, 0.29) is 5.91 Å². The van der Waals surface area contributed by atoms with Gasteiger partial charge in [-0.3, -0.25) is 9.89 Å². The van der Waals surface area contributed by atoms with E-state index in [1.807, 2.05) is 38.2 Å². The molecule has 5 nitrogen and oxygen atoms in total. The van der Waals surface area contributed by atoms with Gasteiger partial charge in [-0.05, 0) is 20.0 Å². The van der Waals surface area contributed by atoms with Gasteiger partial charge in [0.1, 0.15) is 5.69 Å². The van der Waals surface area contributed by atoms with Gasteiger partial charge in [0, 0.05) is 18.7 Å². The van der Waals surface area contributed by atoms with Crippen LogP contribution in [0, 0.1) is 6.92 Å². The van der Waals surface area contributed by atoms with Gasteiger partial charge in [0.25, 0.3) is 5.91 Å². The monoisotopic (exact) mass is 258 g/mol. The van der Waals surface area contributed by atoms with E-state index < -0.39 is 0 Å². The molecule has 2 rings (SSSR count). The van der Waals surface area contributed by atoms with Crippen molar-refractivity contribution in [3.8, 4) is 11.3 Å². The second-order valence-electron chi connectivity index (χ2n) is 4.39. The molecule has 0 saturated carbocycles. The summed E-state index contributed by atoms with van der Waals surface area (Å²) in [6, 6.07) is 9.80. The fourth-order valence-electron chi connectivity index (χ4n) is 1.71. The first-order valence-electron chi connectivity index (χ1n) is 6.26. The van der Waals surface area contributed by atoms with Gasteiger partial charge in [0.15, 0.2) is 0 Å². The molecule has 0 atom stereocenters. The van der Waals surface area contributed by atoms with E-state index in [1.165, 1.54) is 5.56 Å². The first-order valence-corrected chi connectivity index (χ1v) is 6.26. The minimum atomic E-state index is -0.138. The first kappa shape index (κ1) is 13.3. The summed E-state index contributed by atoms with van der Waals surface area (Å²) in [5.74, 6) is -0.138. The maximum absolute atomic E-state index is 11.8. The maximum atomic E-state index is 11.8. The molecule has 19 heavy (non-hydrogen) atoms. The van der Waals surface area contributed by atoms with E-state index in [9.17, 15) is 4.79 Å². The lowest BCUT2D eigenvalue weighted by molar-refractivity contribution is 0.0949. The van der Waals surface area contributed by atoms with Crippen LogP contribution in [0.15, 0.2) is 30.3 Å². The predicted octanol–water partition coefficient (Wildman–Crippen LogP) is 1.33. The standard InChI is InChI=1S/C14H18N4O/c1-10-3-5-11(6-4-10)12-9-13(18-17-12)14(19)16-8-7-15-2/h3-6,9,15H,7-8H2,1-2H3,(H,16,19)(H,17,18). The SMILES string of the molecule is CNCCNC(=O)c1cc(-c2ccc(C)cc2)n[nH]1. The minimum absolute atomic E-state index is 0.138. The summed E-state index contributed by atoms with van der Waals surface area (Å²) in [7, 11) is 1.85. The van der Waals surface area contributed by atoms with Crippen molar-refractivity contribution < 1.29 is 4.79 Å². The molecule has 0 unspecified atom stereocenters. The third-order valence-electron chi connectivity index (χ3n) is 2.83. The lowest BCUT2D eigenvalue weighted by Crippen LogP contribution is -2.30. The third kappa shape index (κ3) is 3.42. The summed E-state index contributed by atoms with van der Waals surface area (Å²) >= 11 is 0. The van der Waals surface area contributed by atoms with E-state index in [2.05, 4.69) is 20.8 Å². The van der Waals surface area contributed by atoms with Gasteiger partial charge in [-0.1, -0.05) is 29.8 Å². The van der Waals surface area contributed by atoms with Crippen LogP contribution < -0.4 is 10.6 Å². The van der Waals surface area contributed by atoms with Crippen molar-refractivity contribution in [2.24, 2.45) is 0 Å². The number of hydrogen-bond donors (Lipinski definition) is 3. The van der Waals surface area contributed by atoms with Crippen molar-refractivity contribution in [1.82, 2.24) is 20.8 Å². The van der Waals surface area contributed by atoms with E-state index in [4.69, 9.17) is 0 Å². The highest BCUT2D eigenvalue weighted by Gasteiger charge is 2.10. The van der Waals surface area contributed by atoms with Crippen LogP contribution in [0.5, 0.6) is 0 Å². The second kappa shape index (κ2) is 6.15. The molecule has 1 heterocycles. The number of amides is 1. The van der Waals surface area contributed by atoms with Crippen LogP contribution in [0.3, 0.4) is 0 Å². The number of carbonyl (C=O) groups excluding carboxylic acids is 1. The zero-order valence-corrected chi connectivity index (χ0v) is 11.2. The number of aryl methyl sites for hydroxylation is 1. The fraction of sp³-hybridized carbons (Fsp3) is 0.286. The smallest absolute Gasteiger partial charge is 0.269 e. The molecule has 0 spiro atoms.